The summed E-state index contributed by atoms with van der Waals surface area (Å²) in [6.07, 6.45) is 3.92. The van der Waals surface area contributed by atoms with E-state index in [1.807, 2.05) is 38.9 Å². The number of amides is 1. The van der Waals surface area contributed by atoms with Gasteiger partial charge in [0.25, 0.3) is 0 Å². The number of nitrogens with zero attached hydrogens (tertiary/aromatic N) is 4. The van der Waals surface area contributed by atoms with Gasteiger partial charge in [0, 0.05) is 30.8 Å². The summed E-state index contributed by atoms with van der Waals surface area (Å²) in [7, 11) is 1.84. The lowest BCUT2D eigenvalue weighted by molar-refractivity contribution is -0.133. The monoisotopic (exact) mass is 246 g/mol. The molecule has 2 heterocycles. The number of rotatable bonds is 1. The number of aromatic nitrogens is 2. The fraction of sp³-hybridized carbons (Fsp3) is 0.615. The molecule has 1 aromatic rings. The molecule has 0 aliphatic carbocycles. The first-order valence-corrected chi connectivity index (χ1v) is 6.05. The summed E-state index contributed by atoms with van der Waals surface area (Å²) in [5.74, 6) is -0.246. The highest BCUT2D eigenvalue weighted by Crippen LogP contribution is 2.41. The Bertz CT molecular complexity index is 506. The molecular formula is C13H18N4O. The second kappa shape index (κ2) is 4.13. The SMILES string of the molecule is Cn1cc([C@H]2[C@H](C#N)CC(=O)N2C(C)(C)C)cn1. The highest BCUT2D eigenvalue weighted by atomic mass is 16.2. The molecule has 0 bridgehead atoms. The fourth-order valence-corrected chi connectivity index (χ4v) is 2.62. The van der Waals surface area contributed by atoms with Gasteiger partial charge in [0.2, 0.25) is 5.91 Å². The van der Waals surface area contributed by atoms with Crippen LogP contribution in [0, 0.1) is 17.2 Å². The normalized spacial score (nSPS) is 24.4. The minimum absolute atomic E-state index is 0.0444. The number of nitriles is 1. The van der Waals surface area contributed by atoms with Crippen molar-refractivity contribution in [3.8, 4) is 6.07 Å². The summed E-state index contributed by atoms with van der Waals surface area (Å²) in [5, 5.41) is 13.4. The van der Waals surface area contributed by atoms with Crippen LogP contribution in [-0.4, -0.2) is 26.1 Å². The summed E-state index contributed by atoms with van der Waals surface area (Å²) >= 11 is 0. The molecule has 1 aliphatic heterocycles. The zero-order valence-corrected chi connectivity index (χ0v) is 11.2. The molecule has 18 heavy (non-hydrogen) atoms. The third kappa shape index (κ3) is 1.99. The molecule has 0 radical (unpaired) electrons. The third-order valence-corrected chi connectivity index (χ3v) is 3.28. The maximum atomic E-state index is 12.1. The van der Waals surface area contributed by atoms with Gasteiger partial charge in [-0.2, -0.15) is 10.4 Å². The van der Waals surface area contributed by atoms with Crippen molar-refractivity contribution in [2.24, 2.45) is 13.0 Å². The topological polar surface area (TPSA) is 61.9 Å². The maximum absolute atomic E-state index is 12.1. The van der Waals surface area contributed by atoms with Gasteiger partial charge < -0.3 is 4.90 Å². The predicted molar refractivity (Wildman–Crippen MR) is 66.3 cm³/mol. The molecule has 2 rings (SSSR count). The number of hydrogen-bond acceptors (Lipinski definition) is 3. The molecule has 5 nitrogen and oxygen atoms in total. The second-order valence-corrected chi connectivity index (χ2v) is 5.77. The van der Waals surface area contributed by atoms with E-state index in [1.54, 1.807) is 10.9 Å². The van der Waals surface area contributed by atoms with Crippen LogP contribution >= 0.6 is 0 Å². The maximum Gasteiger partial charge on any atom is 0.224 e. The molecule has 0 unspecified atom stereocenters. The van der Waals surface area contributed by atoms with Gasteiger partial charge >= 0.3 is 0 Å². The molecule has 0 N–H and O–H groups in total. The molecule has 96 valence electrons. The van der Waals surface area contributed by atoms with E-state index in [4.69, 9.17) is 0 Å². The Balaban J connectivity index is 2.45. The summed E-state index contributed by atoms with van der Waals surface area (Å²) in [5.41, 5.74) is 0.647. The Morgan fingerprint density at radius 3 is 2.61 bits per heavy atom. The molecular weight excluding hydrogens is 228 g/mol. The Morgan fingerprint density at radius 2 is 2.17 bits per heavy atom. The van der Waals surface area contributed by atoms with Crippen LogP contribution < -0.4 is 0 Å². The van der Waals surface area contributed by atoms with Crippen molar-refractivity contribution in [3.05, 3.63) is 18.0 Å². The third-order valence-electron chi connectivity index (χ3n) is 3.28. The van der Waals surface area contributed by atoms with Crippen LogP contribution in [0.3, 0.4) is 0 Å². The Morgan fingerprint density at radius 1 is 1.50 bits per heavy atom. The minimum atomic E-state index is -0.291. The molecule has 5 heteroatoms. The van der Waals surface area contributed by atoms with E-state index < -0.39 is 0 Å². The van der Waals surface area contributed by atoms with Crippen LogP contribution in [0.2, 0.25) is 0 Å². The van der Waals surface area contributed by atoms with Gasteiger partial charge in [0.1, 0.15) is 0 Å². The van der Waals surface area contributed by atoms with E-state index in [0.29, 0.717) is 6.42 Å². The van der Waals surface area contributed by atoms with Crippen molar-refractivity contribution in [2.75, 3.05) is 0 Å². The van der Waals surface area contributed by atoms with E-state index in [0.717, 1.165) is 5.56 Å². The highest BCUT2D eigenvalue weighted by Gasteiger charge is 2.46. The van der Waals surface area contributed by atoms with Gasteiger partial charge in [-0.1, -0.05) is 0 Å². The Kier molecular flexibility index (Phi) is 2.89. The van der Waals surface area contributed by atoms with Gasteiger partial charge in [-0.05, 0) is 20.8 Å². The van der Waals surface area contributed by atoms with Crippen LogP contribution in [0.4, 0.5) is 0 Å². The number of carbonyl (C=O) groups excluding carboxylic acids is 1. The molecule has 1 fully saturated rings. The van der Waals surface area contributed by atoms with Crippen LogP contribution in [0.25, 0.3) is 0 Å². The quantitative estimate of drug-likeness (QED) is 0.756. The highest BCUT2D eigenvalue weighted by molar-refractivity contribution is 5.81. The first-order chi connectivity index (χ1) is 8.34. The number of likely N-dealkylation sites (tertiary alicyclic amines) is 1. The van der Waals surface area contributed by atoms with Crippen molar-refractivity contribution in [2.45, 2.75) is 38.8 Å². The van der Waals surface area contributed by atoms with Crippen molar-refractivity contribution in [1.82, 2.24) is 14.7 Å². The second-order valence-electron chi connectivity index (χ2n) is 5.77. The smallest absolute Gasteiger partial charge is 0.224 e. The summed E-state index contributed by atoms with van der Waals surface area (Å²) in [4.78, 5) is 13.9. The first-order valence-electron chi connectivity index (χ1n) is 6.05. The number of aryl methyl sites for hydroxylation is 1. The zero-order valence-electron chi connectivity index (χ0n) is 11.2. The van der Waals surface area contributed by atoms with E-state index >= 15 is 0 Å². The number of carbonyl (C=O) groups is 1. The van der Waals surface area contributed by atoms with Crippen molar-refractivity contribution >= 4 is 5.91 Å². The molecule has 2 atom stereocenters. The van der Waals surface area contributed by atoms with Crippen molar-refractivity contribution in [1.29, 1.82) is 5.26 Å². The fourth-order valence-electron chi connectivity index (χ4n) is 2.62. The first kappa shape index (κ1) is 12.6. The average molecular weight is 246 g/mol. The van der Waals surface area contributed by atoms with Gasteiger partial charge in [-0.3, -0.25) is 9.48 Å². The lowest BCUT2D eigenvalue weighted by Gasteiger charge is -2.37. The van der Waals surface area contributed by atoms with Crippen LogP contribution in [0.1, 0.15) is 38.8 Å². The minimum Gasteiger partial charge on any atom is -0.329 e. The molecule has 1 aromatic heterocycles. The Hall–Kier alpha value is -1.83. The van der Waals surface area contributed by atoms with E-state index in [2.05, 4.69) is 11.2 Å². The predicted octanol–water partition coefficient (Wildman–Crippen LogP) is 1.63. The summed E-state index contributed by atoms with van der Waals surface area (Å²) in [6.45, 7) is 5.98. The van der Waals surface area contributed by atoms with Crippen molar-refractivity contribution in [3.63, 3.8) is 0 Å². The Labute approximate surface area is 107 Å². The van der Waals surface area contributed by atoms with Gasteiger partial charge in [-0.25, -0.2) is 0 Å². The standard InChI is InChI=1S/C13H18N4O/c1-13(2,3)17-11(18)5-9(6-14)12(17)10-7-15-16(4)8-10/h7-9,12H,5H2,1-4H3/t9-,12+/m0/s1. The van der Waals surface area contributed by atoms with Crippen LogP contribution in [-0.2, 0) is 11.8 Å². The lowest BCUT2D eigenvalue weighted by atomic mass is 9.95. The molecule has 1 saturated heterocycles. The van der Waals surface area contributed by atoms with Crippen molar-refractivity contribution < 1.29 is 4.79 Å². The molecule has 1 aliphatic rings. The summed E-state index contributed by atoms with van der Waals surface area (Å²) in [6, 6.07) is 2.07. The lowest BCUT2D eigenvalue weighted by Crippen LogP contribution is -2.44. The molecule has 0 saturated carbocycles. The molecule has 0 spiro atoms. The van der Waals surface area contributed by atoms with Crippen LogP contribution in [0.15, 0.2) is 12.4 Å². The van der Waals surface area contributed by atoms with Gasteiger partial charge in [0.15, 0.2) is 0 Å². The zero-order chi connectivity index (χ0) is 13.5. The number of hydrogen-bond donors (Lipinski definition) is 0. The largest absolute Gasteiger partial charge is 0.329 e. The van der Waals surface area contributed by atoms with Gasteiger partial charge in [0.05, 0.1) is 24.2 Å². The molecule has 1 amide bonds. The van der Waals surface area contributed by atoms with E-state index in [-0.39, 0.29) is 23.4 Å². The van der Waals surface area contributed by atoms with E-state index in [9.17, 15) is 10.1 Å². The van der Waals surface area contributed by atoms with E-state index in [1.165, 1.54) is 0 Å². The van der Waals surface area contributed by atoms with Gasteiger partial charge in [-0.15, -0.1) is 0 Å². The molecule has 0 aromatic carbocycles. The van der Waals surface area contributed by atoms with Crippen LogP contribution in [0.5, 0.6) is 0 Å². The average Bonchev–Trinajstić information content (AvgIpc) is 2.80. The summed E-state index contributed by atoms with van der Waals surface area (Å²) < 4.78 is 1.70.